The zero-order chi connectivity index (χ0) is 20.5. The number of benzene rings is 1. The van der Waals surface area contributed by atoms with Gasteiger partial charge in [0.05, 0.1) is 30.7 Å². The lowest BCUT2D eigenvalue weighted by molar-refractivity contribution is -0.402. The number of fused-ring (bicyclic) bond motifs is 1. The van der Waals surface area contributed by atoms with E-state index in [1.54, 1.807) is 19.2 Å². The Balaban J connectivity index is 1.80. The number of methoxy groups -OCH3 is 1. The van der Waals surface area contributed by atoms with E-state index in [1.165, 1.54) is 28.6 Å². The molecule has 0 aliphatic heterocycles. The van der Waals surface area contributed by atoms with Gasteiger partial charge >= 0.3 is 5.88 Å². The lowest BCUT2D eigenvalue weighted by Crippen LogP contribution is -2.29. The molecule has 0 unspecified atom stereocenters. The molecule has 0 saturated heterocycles. The van der Waals surface area contributed by atoms with Gasteiger partial charge in [-0.25, -0.2) is 4.98 Å². The Morgan fingerprint density at radius 2 is 2.14 bits per heavy atom. The normalized spacial score (nSPS) is 11.0. The van der Waals surface area contributed by atoms with Gasteiger partial charge in [-0.2, -0.15) is 0 Å². The molecule has 9 nitrogen and oxygen atoms in total. The van der Waals surface area contributed by atoms with Gasteiger partial charge in [0.2, 0.25) is 0 Å². The molecule has 3 heterocycles. The second-order valence-electron chi connectivity index (χ2n) is 6.12. The van der Waals surface area contributed by atoms with Crippen LogP contribution < -0.4 is 9.64 Å². The number of furan rings is 2. The Kier molecular flexibility index (Phi) is 4.77. The van der Waals surface area contributed by atoms with Crippen LogP contribution in [0.15, 0.2) is 51.5 Å². The Bertz CT molecular complexity index is 1190. The largest absolute Gasteiger partial charge is 0.494 e. The highest BCUT2D eigenvalue weighted by Crippen LogP contribution is 2.37. The number of hydrogen-bond donors (Lipinski definition) is 0. The van der Waals surface area contributed by atoms with E-state index in [9.17, 15) is 14.9 Å². The molecule has 0 fully saturated rings. The molecule has 29 heavy (non-hydrogen) atoms. The number of carbonyl (C=O) groups is 1. The summed E-state index contributed by atoms with van der Waals surface area (Å²) in [6.07, 6.45) is 1.50. The first-order valence-electron chi connectivity index (χ1n) is 8.50. The monoisotopic (exact) mass is 413 g/mol. The third-order valence-electron chi connectivity index (χ3n) is 4.26. The minimum absolute atomic E-state index is 0.0848. The van der Waals surface area contributed by atoms with Crippen molar-refractivity contribution in [1.82, 2.24) is 4.98 Å². The summed E-state index contributed by atoms with van der Waals surface area (Å²) in [6, 6.07) is 9.58. The van der Waals surface area contributed by atoms with E-state index in [4.69, 9.17) is 13.6 Å². The summed E-state index contributed by atoms with van der Waals surface area (Å²) in [5.41, 5.74) is 1.62. The van der Waals surface area contributed by atoms with Gasteiger partial charge in [0.1, 0.15) is 21.9 Å². The number of hydrogen-bond acceptors (Lipinski definition) is 8. The maximum Gasteiger partial charge on any atom is 0.433 e. The highest BCUT2D eigenvalue weighted by molar-refractivity contribution is 7.22. The summed E-state index contributed by atoms with van der Waals surface area (Å²) in [7, 11) is 1.55. The molecule has 1 aromatic carbocycles. The molecule has 0 spiro atoms. The second kappa shape index (κ2) is 7.40. The number of ether oxygens (including phenoxy) is 1. The molecular weight excluding hydrogens is 398 g/mol. The number of aryl methyl sites for hydroxylation is 1. The second-order valence-corrected chi connectivity index (χ2v) is 7.10. The highest BCUT2D eigenvalue weighted by Gasteiger charge is 2.27. The van der Waals surface area contributed by atoms with Crippen molar-refractivity contribution < 1.29 is 23.3 Å². The van der Waals surface area contributed by atoms with Crippen molar-refractivity contribution in [2.75, 3.05) is 12.0 Å². The van der Waals surface area contributed by atoms with E-state index >= 15 is 0 Å². The van der Waals surface area contributed by atoms with Crippen LogP contribution in [0.3, 0.4) is 0 Å². The van der Waals surface area contributed by atoms with E-state index in [0.717, 1.165) is 16.3 Å². The fourth-order valence-electron chi connectivity index (χ4n) is 2.84. The fraction of sp³-hybridized carbons (Fsp3) is 0.158. The van der Waals surface area contributed by atoms with Crippen molar-refractivity contribution in [2.45, 2.75) is 13.5 Å². The van der Waals surface area contributed by atoms with E-state index in [2.05, 4.69) is 4.98 Å². The van der Waals surface area contributed by atoms with Crippen LogP contribution in [0.2, 0.25) is 0 Å². The lowest BCUT2D eigenvalue weighted by Gasteiger charge is -2.17. The smallest absolute Gasteiger partial charge is 0.433 e. The minimum atomic E-state index is -0.695. The van der Waals surface area contributed by atoms with E-state index in [0.29, 0.717) is 22.2 Å². The SMILES string of the molecule is COc1ccc(C)c2sc(N(Cc3ccco3)C(=O)c3ccc([N+](=O)[O-])o3)nc12. The molecule has 0 bridgehead atoms. The molecule has 0 N–H and O–H groups in total. The van der Waals surface area contributed by atoms with Crippen LogP contribution in [0, 0.1) is 17.0 Å². The number of amides is 1. The first-order valence-corrected chi connectivity index (χ1v) is 9.32. The van der Waals surface area contributed by atoms with Gasteiger partial charge in [-0.3, -0.25) is 19.8 Å². The van der Waals surface area contributed by atoms with Crippen LogP contribution in [0.25, 0.3) is 10.2 Å². The average Bonchev–Trinajstić information content (AvgIpc) is 3.46. The molecule has 1 amide bonds. The number of carbonyl (C=O) groups excluding carboxylic acids is 1. The van der Waals surface area contributed by atoms with Crippen molar-refractivity contribution in [3.8, 4) is 5.75 Å². The van der Waals surface area contributed by atoms with Crippen LogP contribution >= 0.6 is 11.3 Å². The standard InChI is InChI=1S/C19H15N3O6S/c1-11-5-6-13(26-2)16-17(11)29-19(20-16)21(10-12-4-3-9-27-12)18(23)14-7-8-15(28-14)22(24)25/h3-9H,10H2,1-2H3. The highest BCUT2D eigenvalue weighted by atomic mass is 32.1. The van der Waals surface area contributed by atoms with Gasteiger partial charge in [0.15, 0.2) is 10.9 Å². The Morgan fingerprint density at radius 1 is 1.31 bits per heavy atom. The molecule has 0 atom stereocenters. The molecule has 148 valence electrons. The topological polar surface area (TPSA) is 112 Å². The van der Waals surface area contributed by atoms with Crippen LogP contribution in [-0.4, -0.2) is 22.9 Å². The Labute approximate surface area is 168 Å². The minimum Gasteiger partial charge on any atom is -0.494 e. The third kappa shape index (κ3) is 3.45. The van der Waals surface area contributed by atoms with Gasteiger partial charge in [-0.1, -0.05) is 17.4 Å². The summed E-state index contributed by atoms with van der Waals surface area (Å²) in [5.74, 6) is -0.112. The Hall–Kier alpha value is -3.66. The van der Waals surface area contributed by atoms with Gasteiger partial charge in [0, 0.05) is 0 Å². The molecule has 3 aromatic heterocycles. The average molecular weight is 413 g/mol. The molecule has 0 radical (unpaired) electrons. The molecular formula is C19H15N3O6S. The number of anilines is 1. The van der Waals surface area contributed by atoms with Gasteiger partial charge < -0.3 is 13.6 Å². The fourth-order valence-corrected chi connectivity index (χ4v) is 3.89. The van der Waals surface area contributed by atoms with Crippen molar-refractivity contribution >= 4 is 38.5 Å². The Morgan fingerprint density at radius 3 is 2.79 bits per heavy atom. The van der Waals surface area contributed by atoms with E-state index in [-0.39, 0.29) is 12.3 Å². The number of nitrogens with zero attached hydrogens (tertiary/aromatic N) is 3. The van der Waals surface area contributed by atoms with Gasteiger partial charge in [0.25, 0.3) is 5.91 Å². The van der Waals surface area contributed by atoms with Crippen LogP contribution in [0.1, 0.15) is 21.9 Å². The summed E-state index contributed by atoms with van der Waals surface area (Å²) < 4.78 is 16.7. The first kappa shape index (κ1) is 18.7. The molecule has 4 rings (SSSR count). The maximum atomic E-state index is 13.1. The van der Waals surface area contributed by atoms with E-state index in [1.807, 2.05) is 19.1 Å². The maximum absolute atomic E-state index is 13.1. The van der Waals surface area contributed by atoms with Crippen molar-refractivity contribution in [3.63, 3.8) is 0 Å². The molecule has 4 aromatic rings. The van der Waals surface area contributed by atoms with Crippen LogP contribution in [0.4, 0.5) is 11.0 Å². The summed E-state index contributed by atoms with van der Waals surface area (Å²) in [6.45, 7) is 2.03. The number of nitro groups is 1. The summed E-state index contributed by atoms with van der Waals surface area (Å²) in [5, 5.41) is 11.3. The van der Waals surface area contributed by atoms with Gasteiger partial charge in [-0.15, -0.1) is 0 Å². The number of rotatable bonds is 6. The molecule has 0 saturated carbocycles. The van der Waals surface area contributed by atoms with Crippen molar-refractivity contribution in [3.05, 3.63) is 69.9 Å². The van der Waals surface area contributed by atoms with Crippen molar-refractivity contribution in [1.29, 1.82) is 0 Å². The number of aromatic nitrogens is 1. The predicted octanol–water partition coefficient (Wildman–Crippen LogP) is 4.55. The van der Waals surface area contributed by atoms with Gasteiger partial charge in [-0.05, 0) is 36.8 Å². The zero-order valence-corrected chi connectivity index (χ0v) is 16.3. The number of thiazole rings is 1. The molecule has 0 aliphatic rings. The van der Waals surface area contributed by atoms with E-state index < -0.39 is 16.7 Å². The van der Waals surface area contributed by atoms with Crippen LogP contribution in [-0.2, 0) is 6.54 Å². The lowest BCUT2D eigenvalue weighted by atomic mass is 10.2. The molecule has 10 heteroatoms. The van der Waals surface area contributed by atoms with Crippen molar-refractivity contribution in [2.24, 2.45) is 0 Å². The quantitative estimate of drug-likeness (QED) is 0.336. The summed E-state index contributed by atoms with van der Waals surface area (Å²) in [4.78, 5) is 29.3. The summed E-state index contributed by atoms with van der Waals surface area (Å²) >= 11 is 1.32. The predicted molar refractivity (Wildman–Crippen MR) is 105 cm³/mol. The zero-order valence-electron chi connectivity index (χ0n) is 15.4. The third-order valence-corrected chi connectivity index (χ3v) is 5.48. The van der Waals surface area contributed by atoms with Crippen LogP contribution in [0.5, 0.6) is 5.75 Å². The first-order chi connectivity index (χ1) is 14.0. The molecule has 0 aliphatic carbocycles.